The van der Waals surface area contributed by atoms with Gasteiger partial charge in [0.2, 0.25) is 0 Å². The van der Waals surface area contributed by atoms with Crippen LogP contribution in [0.4, 0.5) is 10.5 Å². The predicted octanol–water partition coefficient (Wildman–Crippen LogP) is 6.62. The fourth-order valence-electron chi connectivity index (χ4n) is 5.52. The first-order valence-electron chi connectivity index (χ1n) is 15.3. The summed E-state index contributed by atoms with van der Waals surface area (Å²) in [5, 5.41) is 5.44. The molecule has 0 aromatic carbocycles. The lowest BCUT2D eigenvalue weighted by atomic mass is 10.1. The van der Waals surface area contributed by atoms with E-state index in [1.165, 1.54) is 0 Å². The van der Waals surface area contributed by atoms with Crippen molar-refractivity contribution in [3.8, 4) is 0 Å². The van der Waals surface area contributed by atoms with E-state index in [0.717, 1.165) is 25.7 Å². The fraction of sp³-hybridized carbons (Fsp3) is 0.724. The summed E-state index contributed by atoms with van der Waals surface area (Å²) < 4.78 is 48.7. The van der Waals surface area contributed by atoms with E-state index in [4.69, 9.17) is 39.6 Å². The summed E-state index contributed by atoms with van der Waals surface area (Å²) in [6.07, 6.45) is 5.12. The van der Waals surface area contributed by atoms with Crippen LogP contribution in [-0.2, 0) is 37.4 Å². The number of carbonyl (C=O) groups is 2. The number of aromatic nitrogens is 3. The highest BCUT2D eigenvalue weighted by molar-refractivity contribution is 7.55. The average Bonchev–Trinajstić information content (AvgIpc) is 3.70. The molecule has 2 fully saturated rings. The number of anilines is 1. The molecule has 1 aliphatic heterocycles. The normalized spacial score (nSPS) is 20.2. The summed E-state index contributed by atoms with van der Waals surface area (Å²) in [4.78, 5) is 32.4. The van der Waals surface area contributed by atoms with E-state index in [0.29, 0.717) is 29.6 Å². The van der Waals surface area contributed by atoms with E-state index in [1.807, 2.05) is 20.8 Å². The predicted molar refractivity (Wildman–Crippen MR) is 164 cm³/mol. The second kappa shape index (κ2) is 14.9. The van der Waals surface area contributed by atoms with Crippen LogP contribution in [0.3, 0.4) is 0 Å². The van der Waals surface area contributed by atoms with Gasteiger partial charge in [-0.2, -0.15) is 5.10 Å². The Hall–Kier alpha value is -2.28. The number of pyridine rings is 1. The van der Waals surface area contributed by atoms with Gasteiger partial charge < -0.3 is 28.0 Å². The van der Waals surface area contributed by atoms with Gasteiger partial charge in [-0.3, -0.25) is 9.46 Å². The van der Waals surface area contributed by atoms with Gasteiger partial charge in [-0.1, -0.05) is 24.4 Å². The number of esters is 1. The molecule has 0 bridgehead atoms. The number of amides is 1. The minimum Gasteiger partial charge on any atom is -0.464 e. The first kappa shape index (κ1) is 34.6. The van der Waals surface area contributed by atoms with E-state index in [2.05, 4.69) is 10.1 Å². The van der Waals surface area contributed by atoms with Crippen LogP contribution in [0.25, 0.3) is 11.0 Å². The van der Waals surface area contributed by atoms with E-state index in [-0.39, 0.29) is 37.6 Å². The molecule has 1 aliphatic carbocycles. The number of carbonyl (C=O) groups excluding carboxylic acids is 2. The molecule has 15 heteroatoms. The molecule has 4 rings (SSSR count). The molecule has 0 N–H and O–H groups in total. The summed E-state index contributed by atoms with van der Waals surface area (Å²) in [6.45, 7) is 10.6. The Morgan fingerprint density at radius 1 is 1.11 bits per heavy atom. The Balaban J connectivity index is 1.56. The van der Waals surface area contributed by atoms with Crippen LogP contribution in [-0.4, -0.2) is 76.8 Å². The molecule has 246 valence electrons. The third-order valence-corrected chi connectivity index (χ3v) is 9.61. The van der Waals surface area contributed by atoms with Gasteiger partial charge in [0, 0.05) is 12.1 Å². The van der Waals surface area contributed by atoms with E-state index in [9.17, 15) is 14.2 Å². The minimum atomic E-state index is -3.96. The van der Waals surface area contributed by atoms with Gasteiger partial charge >= 0.3 is 19.7 Å². The van der Waals surface area contributed by atoms with Gasteiger partial charge in [0.25, 0.3) is 5.85 Å². The number of hydrogen-bond donors (Lipinski definition) is 0. The average molecular weight is 659 g/mol. The third-order valence-electron chi connectivity index (χ3n) is 7.24. The third kappa shape index (κ3) is 8.10. The molecule has 1 saturated heterocycles. The number of fused-ring (bicyclic) bond motifs is 1. The number of nitrogens with zero attached hydrogens (tertiary/aromatic N) is 4. The molecule has 13 nitrogen and oxygen atoms in total. The second-order valence-electron chi connectivity index (χ2n) is 11.7. The number of hydrogen-bond acceptors (Lipinski definition) is 11. The van der Waals surface area contributed by atoms with Crippen molar-refractivity contribution in [1.82, 2.24) is 14.8 Å². The molecule has 2 aromatic heterocycles. The van der Waals surface area contributed by atoms with E-state index >= 15 is 0 Å². The molecule has 2 aromatic rings. The summed E-state index contributed by atoms with van der Waals surface area (Å²) in [5.41, 5.74) is 0.381. The van der Waals surface area contributed by atoms with Gasteiger partial charge in [0.05, 0.1) is 49.8 Å². The Labute approximate surface area is 263 Å². The van der Waals surface area contributed by atoms with Crippen LogP contribution in [0, 0.1) is 0 Å². The van der Waals surface area contributed by atoms with Crippen molar-refractivity contribution in [3.63, 3.8) is 0 Å². The lowest BCUT2D eigenvalue weighted by Crippen LogP contribution is -2.42. The molecule has 2 unspecified atom stereocenters. The zero-order valence-corrected chi connectivity index (χ0v) is 28.0. The molecule has 44 heavy (non-hydrogen) atoms. The number of halogens is 1. The van der Waals surface area contributed by atoms with Crippen molar-refractivity contribution in [3.05, 3.63) is 17.4 Å². The Bertz CT molecular complexity index is 1330. The largest absolute Gasteiger partial charge is 0.464 e. The smallest absolute Gasteiger partial charge is 0.415 e. The molecule has 2 aliphatic rings. The minimum absolute atomic E-state index is 0.0316. The zero-order valence-electron chi connectivity index (χ0n) is 26.3. The van der Waals surface area contributed by atoms with Crippen LogP contribution < -0.4 is 4.90 Å². The first-order valence-corrected chi connectivity index (χ1v) is 17.3. The topological polar surface area (TPSA) is 141 Å². The van der Waals surface area contributed by atoms with Crippen molar-refractivity contribution in [1.29, 1.82) is 0 Å². The Morgan fingerprint density at radius 2 is 1.80 bits per heavy atom. The lowest BCUT2D eigenvalue weighted by molar-refractivity contribution is -0.154. The van der Waals surface area contributed by atoms with Crippen LogP contribution in [0.5, 0.6) is 0 Å². The maximum Gasteiger partial charge on any atom is 0.415 e. The summed E-state index contributed by atoms with van der Waals surface area (Å²) in [6, 6.07) is 1.64. The van der Waals surface area contributed by atoms with Gasteiger partial charge in [-0.15, -0.1) is 0 Å². The fourth-order valence-corrected chi connectivity index (χ4v) is 7.37. The van der Waals surface area contributed by atoms with Crippen LogP contribution >= 0.6 is 19.2 Å². The standard InChI is InChI=1S/C29H44ClN4O9P/c1-7-38-26(35)27(44(37,40-8-2)41-9-3)39-18-20-14-15-24(42-20)34-25-21(17-31-34)22(16-23(30)32-25)33(19-12-10-11-13-19)28(36)43-29(4,5)6/h16-17,19-20,24,27H,7-15,18H2,1-6H3/t20-,24?,27?/m0/s1. The van der Waals surface area contributed by atoms with E-state index < -0.39 is 43.4 Å². The molecule has 3 heterocycles. The molecule has 1 saturated carbocycles. The highest BCUT2D eigenvalue weighted by Crippen LogP contribution is 2.54. The van der Waals surface area contributed by atoms with Gasteiger partial charge in [0.1, 0.15) is 10.8 Å². The quantitative estimate of drug-likeness (QED) is 0.130. The van der Waals surface area contributed by atoms with Crippen molar-refractivity contribution in [2.75, 3.05) is 31.3 Å². The van der Waals surface area contributed by atoms with Crippen molar-refractivity contribution in [2.24, 2.45) is 0 Å². The van der Waals surface area contributed by atoms with Gasteiger partial charge in [0.15, 0.2) is 11.9 Å². The first-order chi connectivity index (χ1) is 20.9. The monoisotopic (exact) mass is 658 g/mol. The Kier molecular flexibility index (Phi) is 11.7. The summed E-state index contributed by atoms with van der Waals surface area (Å²) >= 11 is 6.52. The molecule has 0 spiro atoms. The van der Waals surface area contributed by atoms with E-state index in [1.54, 1.807) is 42.6 Å². The van der Waals surface area contributed by atoms with Crippen molar-refractivity contribution >= 4 is 48.0 Å². The molecule has 3 atom stereocenters. The molecular weight excluding hydrogens is 615 g/mol. The summed E-state index contributed by atoms with van der Waals surface area (Å²) in [7, 11) is -3.96. The maximum absolute atomic E-state index is 13.5. The lowest BCUT2D eigenvalue weighted by Gasteiger charge is -2.32. The molecule has 1 amide bonds. The zero-order chi connectivity index (χ0) is 32.1. The number of ether oxygens (including phenoxy) is 4. The highest BCUT2D eigenvalue weighted by atomic mass is 35.5. The number of rotatable bonds is 13. The maximum atomic E-state index is 13.5. The Morgan fingerprint density at radius 3 is 2.41 bits per heavy atom. The van der Waals surface area contributed by atoms with Crippen LogP contribution in [0.2, 0.25) is 5.15 Å². The second-order valence-corrected chi connectivity index (χ2v) is 14.1. The molecule has 0 radical (unpaired) electrons. The highest BCUT2D eigenvalue weighted by Gasteiger charge is 2.44. The van der Waals surface area contributed by atoms with Crippen LogP contribution in [0.1, 0.15) is 86.3 Å². The summed E-state index contributed by atoms with van der Waals surface area (Å²) in [5.74, 6) is -2.37. The van der Waals surface area contributed by atoms with Crippen molar-refractivity contribution in [2.45, 2.75) is 110 Å². The van der Waals surface area contributed by atoms with Crippen LogP contribution in [0.15, 0.2) is 12.3 Å². The van der Waals surface area contributed by atoms with Gasteiger partial charge in [-0.05, 0) is 67.2 Å². The molecular formula is C29H44ClN4O9P. The van der Waals surface area contributed by atoms with Crippen molar-refractivity contribution < 1.29 is 42.1 Å². The SMILES string of the molecule is CCOC(=O)C(OC[C@@H]1CCC(n2ncc3c(N(C(=O)OC(C)(C)C)C4CCCC4)cc(Cl)nc32)O1)P(=O)(OCC)OCC. The van der Waals surface area contributed by atoms with Gasteiger partial charge in [-0.25, -0.2) is 19.3 Å².